The molecule has 0 aliphatic heterocycles. The highest BCUT2D eigenvalue weighted by molar-refractivity contribution is 9.10. The molecule has 6 heteroatoms. The maximum absolute atomic E-state index is 10.8. The summed E-state index contributed by atoms with van der Waals surface area (Å²) in [5.74, 6) is 0. The van der Waals surface area contributed by atoms with E-state index in [0.717, 1.165) is 5.56 Å². The van der Waals surface area contributed by atoms with Gasteiger partial charge in [-0.2, -0.15) is 0 Å². The summed E-state index contributed by atoms with van der Waals surface area (Å²) in [6.07, 6.45) is 0. The molecule has 1 rings (SSSR count). The van der Waals surface area contributed by atoms with Crippen molar-refractivity contribution < 1.29 is 8.42 Å². The number of hydrogen-bond acceptors (Lipinski definition) is 3. The third-order valence-corrected chi connectivity index (χ3v) is 2.40. The molecule has 1 aromatic rings. The highest BCUT2D eigenvalue weighted by Crippen LogP contribution is 2.13. The molecule has 12 heavy (non-hydrogen) atoms. The monoisotopic (exact) mass is 250 g/mol. The Kier molecular flexibility index (Phi) is 2.50. The number of halogens is 1. The third kappa shape index (κ3) is 2.26. The predicted octanol–water partition coefficient (Wildman–Crippen LogP) is 0.800. The van der Waals surface area contributed by atoms with Crippen molar-refractivity contribution in [3.05, 3.63) is 22.3 Å². The highest BCUT2D eigenvalue weighted by Gasteiger charge is 2.10. The molecule has 0 saturated heterocycles. The Morgan fingerprint density at radius 3 is 2.50 bits per heavy atom. The lowest BCUT2D eigenvalue weighted by Gasteiger charge is -1.99. The molecule has 0 amide bonds. The van der Waals surface area contributed by atoms with Crippen molar-refractivity contribution in [2.24, 2.45) is 5.14 Å². The second-order valence-corrected chi connectivity index (χ2v) is 4.67. The Balaban J connectivity index is 3.37. The molecule has 0 aliphatic carbocycles. The van der Waals surface area contributed by atoms with Gasteiger partial charge in [0.05, 0.1) is 0 Å². The van der Waals surface area contributed by atoms with Crippen molar-refractivity contribution in [1.29, 1.82) is 0 Å². The van der Waals surface area contributed by atoms with Crippen LogP contribution in [-0.4, -0.2) is 13.4 Å². The molecule has 1 aromatic heterocycles. The van der Waals surface area contributed by atoms with Gasteiger partial charge in [0.15, 0.2) is 5.03 Å². The van der Waals surface area contributed by atoms with E-state index in [0.29, 0.717) is 4.60 Å². The van der Waals surface area contributed by atoms with Gasteiger partial charge in [0, 0.05) is 0 Å². The molecule has 1 heterocycles. The molecule has 0 unspecified atom stereocenters. The zero-order valence-corrected chi connectivity index (χ0v) is 8.68. The van der Waals surface area contributed by atoms with Gasteiger partial charge in [-0.3, -0.25) is 0 Å². The molecule has 0 saturated carbocycles. The zero-order valence-electron chi connectivity index (χ0n) is 6.28. The molecule has 66 valence electrons. The standard InChI is InChI=1S/C6H7BrN2O2S/c1-4-2-5(7)9-6(3-4)12(8,10)11/h2-3H,1H3,(H2,8,10,11). The highest BCUT2D eigenvalue weighted by atomic mass is 79.9. The number of rotatable bonds is 1. The average molecular weight is 251 g/mol. The SMILES string of the molecule is Cc1cc(Br)nc(S(N)(=O)=O)c1. The van der Waals surface area contributed by atoms with E-state index < -0.39 is 10.0 Å². The minimum Gasteiger partial charge on any atom is -0.228 e. The van der Waals surface area contributed by atoms with Crippen molar-refractivity contribution in [2.45, 2.75) is 11.9 Å². The maximum Gasteiger partial charge on any atom is 0.255 e. The Bertz CT molecular complexity index is 382. The van der Waals surface area contributed by atoms with Gasteiger partial charge in [0.1, 0.15) is 4.60 Å². The van der Waals surface area contributed by atoms with Gasteiger partial charge in [0.25, 0.3) is 10.0 Å². The minimum atomic E-state index is -3.69. The van der Waals surface area contributed by atoms with E-state index in [-0.39, 0.29) is 5.03 Å². The quantitative estimate of drug-likeness (QED) is 0.750. The molecule has 0 spiro atoms. The fourth-order valence-electron chi connectivity index (χ4n) is 0.740. The Morgan fingerprint density at radius 2 is 2.08 bits per heavy atom. The molecule has 0 aliphatic rings. The van der Waals surface area contributed by atoms with Crippen molar-refractivity contribution in [1.82, 2.24) is 4.98 Å². The summed E-state index contributed by atoms with van der Waals surface area (Å²) in [5, 5.41) is 4.77. The molecule has 2 N–H and O–H groups in total. The van der Waals surface area contributed by atoms with Crippen molar-refractivity contribution in [3.8, 4) is 0 Å². The first-order valence-electron chi connectivity index (χ1n) is 3.06. The summed E-state index contributed by atoms with van der Waals surface area (Å²) >= 11 is 3.07. The topological polar surface area (TPSA) is 73.0 Å². The fraction of sp³-hybridized carbons (Fsp3) is 0.167. The Morgan fingerprint density at radius 1 is 1.50 bits per heavy atom. The maximum atomic E-state index is 10.8. The summed E-state index contributed by atoms with van der Waals surface area (Å²) in [5.41, 5.74) is 0.793. The van der Waals surface area contributed by atoms with Crippen LogP contribution in [0.3, 0.4) is 0 Å². The van der Waals surface area contributed by atoms with Crippen molar-refractivity contribution in [3.63, 3.8) is 0 Å². The lowest BCUT2D eigenvalue weighted by molar-refractivity contribution is 0.593. The van der Waals surface area contributed by atoms with Crippen LogP contribution in [0.1, 0.15) is 5.56 Å². The number of hydrogen-bond donors (Lipinski definition) is 1. The zero-order chi connectivity index (χ0) is 9.35. The number of pyridine rings is 1. The molecule has 0 fully saturated rings. The van der Waals surface area contributed by atoms with E-state index >= 15 is 0 Å². The van der Waals surface area contributed by atoms with Crippen LogP contribution in [0, 0.1) is 6.92 Å². The average Bonchev–Trinajstić information content (AvgIpc) is 1.82. The van der Waals surface area contributed by atoms with Crippen molar-refractivity contribution >= 4 is 26.0 Å². The van der Waals surface area contributed by atoms with Crippen LogP contribution in [0.4, 0.5) is 0 Å². The number of aromatic nitrogens is 1. The molecule has 4 nitrogen and oxygen atoms in total. The van der Waals surface area contributed by atoms with Gasteiger partial charge in [-0.1, -0.05) is 0 Å². The first-order chi connectivity index (χ1) is 5.39. The summed E-state index contributed by atoms with van der Waals surface area (Å²) in [6.45, 7) is 1.76. The van der Waals surface area contributed by atoms with Crippen LogP contribution >= 0.6 is 15.9 Å². The van der Waals surface area contributed by atoms with Gasteiger partial charge in [0.2, 0.25) is 0 Å². The molecule has 0 radical (unpaired) electrons. The second-order valence-electron chi connectivity index (χ2n) is 2.35. The van der Waals surface area contributed by atoms with E-state index in [2.05, 4.69) is 20.9 Å². The van der Waals surface area contributed by atoms with Crippen LogP contribution in [0.25, 0.3) is 0 Å². The lowest BCUT2D eigenvalue weighted by atomic mass is 10.3. The second kappa shape index (κ2) is 3.12. The van der Waals surface area contributed by atoms with Gasteiger partial charge >= 0.3 is 0 Å². The summed E-state index contributed by atoms with van der Waals surface area (Å²) in [7, 11) is -3.69. The summed E-state index contributed by atoms with van der Waals surface area (Å²) in [6, 6.07) is 3.12. The molecule has 0 aromatic carbocycles. The van der Waals surface area contributed by atoms with Crippen LogP contribution < -0.4 is 5.14 Å². The number of nitrogens with zero attached hydrogens (tertiary/aromatic N) is 1. The largest absolute Gasteiger partial charge is 0.255 e. The fourth-order valence-corrected chi connectivity index (χ4v) is 1.99. The lowest BCUT2D eigenvalue weighted by Crippen LogP contribution is -2.14. The Hall–Kier alpha value is -0.460. The molecular weight excluding hydrogens is 244 g/mol. The van der Waals surface area contributed by atoms with E-state index in [4.69, 9.17) is 5.14 Å². The summed E-state index contributed by atoms with van der Waals surface area (Å²) < 4.78 is 22.1. The molecule has 0 bridgehead atoms. The van der Waals surface area contributed by atoms with Gasteiger partial charge in [-0.15, -0.1) is 0 Å². The smallest absolute Gasteiger partial charge is 0.228 e. The van der Waals surface area contributed by atoms with Gasteiger partial charge in [-0.05, 0) is 40.5 Å². The van der Waals surface area contributed by atoms with E-state index in [1.54, 1.807) is 13.0 Å². The van der Waals surface area contributed by atoms with Crippen LogP contribution in [0.2, 0.25) is 0 Å². The van der Waals surface area contributed by atoms with Crippen molar-refractivity contribution in [2.75, 3.05) is 0 Å². The molecule has 0 atom stereocenters. The van der Waals surface area contributed by atoms with Gasteiger partial charge < -0.3 is 0 Å². The van der Waals surface area contributed by atoms with E-state index in [9.17, 15) is 8.42 Å². The van der Waals surface area contributed by atoms with Crippen LogP contribution in [-0.2, 0) is 10.0 Å². The first kappa shape index (κ1) is 9.63. The summed E-state index contributed by atoms with van der Waals surface area (Å²) in [4.78, 5) is 3.71. The van der Waals surface area contributed by atoms with E-state index in [1.165, 1.54) is 6.07 Å². The van der Waals surface area contributed by atoms with Gasteiger partial charge in [-0.25, -0.2) is 18.5 Å². The minimum absolute atomic E-state index is 0.116. The van der Waals surface area contributed by atoms with E-state index in [1.807, 2.05) is 0 Å². The first-order valence-corrected chi connectivity index (χ1v) is 5.40. The Labute approximate surface area is 79.0 Å². The number of aryl methyl sites for hydroxylation is 1. The normalized spacial score (nSPS) is 11.6. The number of nitrogens with two attached hydrogens (primary N) is 1. The number of sulfonamides is 1. The number of primary sulfonamides is 1. The van der Waals surface area contributed by atoms with Crippen LogP contribution in [0.5, 0.6) is 0 Å². The molecular formula is C6H7BrN2O2S. The third-order valence-electron chi connectivity index (χ3n) is 1.21. The predicted molar refractivity (Wildman–Crippen MR) is 48.0 cm³/mol. The van der Waals surface area contributed by atoms with Crippen LogP contribution in [0.15, 0.2) is 21.8 Å².